The minimum Gasteiger partial charge on any atom is -0.489 e. The molecule has 21 heavy (non-hydrogen) atoms. The highest BCUT2D eigenvalue weighted by Crippen LogP contribution is 2.17. The van der Waals surface area contributed by atoms with Crippen molar-refractivity contribution in [3.8, 4) is 11.8 Å². The quantitative estimate of drug-likeness (QED) is 0.865. The molecule has 0 saturated carbocycles. The number of hydrogen-bond donors (Lipinski definition) is 0. The molecule has 0 spiro atoms. The predicted octanol–water partition coefficient (Wildman–Crippen LogP) is 2.84. The minimum atomic E-state index is -0.0714. The third kappa shape index (κ3) is 3.61. The van der Waals surface area contributed by atoms with E-state index in [9.17, 15) is 4.79 Å². The Morgan fingerprint density at radius 3 is 2.67 bits per heavy atom. The summed E-state index contributed by atoms with van der Waals surface area (Å²) in [6.45, 7) is 0.295. The fourth-order valence-corrected chi connectivity index (χ4v) is 1.89. The highest BCUT2D eigenvalue weighted by Gasteiger charge is 2.09. The molecule has 0 aliphatic heterocycles. The molecule has 2 aromatic rings. The monoisotopic (exact) mass is 280 g/mol. The average Bonchev–Trinajstić information content (AvgIpc) is 2.52. The van der Waals surface area contributed by atoms with Crippen LogP contribution in [0.1, 0.15) is 21.5 Å². The summed E-state index contributed by atoms with van der Waals surface area (Å²) in [5.41, 5.74) is 1.99. The van der Waals surface area contributed by atoms with Gasteiger partial charge in [-0.3, -0.25) is 4.79 Å². The summed E-state index contributed by atoms with van der Waals surface area (Å²) in [6.07, 6.45) is 0. The van der Waals surface area contributed by atoms with Gasteiger partial charge in [-0.25, -0.2) is 0 Å². The SMILES string of the molecule is CN(C)C(=O)c1cccc(OCc2ccccc2C#N)c1. The summed E-state index contributed by atoms with van der Waals surface area (Å²) in [6, 6.07) is 16.5. The van der Waals surface area contributed by atoms with Gasteiger partial charge in [0.15, 0.2) is 0 Å². The predicted molar refractivity (Wildman–Crippen MR) is 79.9 cm³/mol. The molecule has 0 N–H and O–H groups in total. The van der Waals surface area contributed by atoms with Crippen LogP contribution in [-0.2, 0) is 6.61 Å². The van der Waals surface area contributed by atoms with Crippen LogP contribution in [0.3, 0.4) is 0 Å². The molecule has 0 saturated heterocycles. The summed E-state index contributed by atoms with van der Waals surface area (Å²) < 4.78 is 5.68. The molecule has 0 atom stereocenters. The molecule has 2 rings (SSSR count). The van der Waals surface area contributed by atoms with E-state index in [0.717, 1.165) is 5.56 Å². The van der Waals surface area contributed by atoms with E-state index in [1.807, 2.05) is 18.2 Å². The minimum absolute atomic E-state index is 0.0714. The van der Waals surface area contributed by atoms with Crippen LogP contribution in [0.5, 0.6) is 5.75 Å². The lowest BCUT2D eigenvalue weighted by atomic mass is 10.1. The van der Waals surface area contributed by atoms with E-state index in [-0.39, 0.29) is 5.91 Å². The molecule has 0 aliphatic rings. The van der Waals surface area contributed by atoms with Gasteiger partial charge in [-0.05, 0) is 24.3 Å². The van der Waals surface area contributed by atoms with E-state index in [1.54, 1.807) is 44.4 Å². The van der Waals surface area contributed by atoms with Crippen LogP contribution in [0.15, 0.2) is 48.5 Å². The zero-order valence-electron chi connectivity index (χ0n) is 12.0. The third-order valence-corrected chi connectivity index (χ3v) is 3.02. The van der Waals surface area contributed by atoms with Crippen molar-refractivity contribution in [1.82, 2.24) is 4.90 Å². The van der Waals surface area contributed by atoms with E-state index in [1.165, 1.54) is 4.90 Å². The highest BCUT2D eigenvalue weighted by molar-refractivity contribution is 5.94. The van der Waals surface area contributed by atoms with Crippen molar-refractivity contribution in [1.29, 1.82) is 5.26 Å². The number of nitriles is 1. The number of nitrogens with zero attached hydrogens (tertiary/aromatic N) is 2. The van der Waals surface area contributed by atoms with Crippen LogP contribution < -0.4 is 4.74 Å². The molecule has 1 amide bonds. The maximum atomic E-state index is 11.9. The van der Waals surface area contributed by atoms with Crippen LogP contribution in [0.4, 0.5) is 0 Å². The highest BCUT2D eigenvalue weighted by atomic mass is 16.5. The lowest BCUT2D eigenvalue weighted by Gasteiger charge is -2.12. The number of carbonyl (C=O) groups is 1. The summed E-state index contributed by atoms with van der Waals surface area (Å²) in [5, 5.41) is 9.04. The smallest absolute Gasteiger partial charge is 0.253 e. The molecule has 0 radical (unpaired) electrons. The number of amides is 1. The van der Waals surface area contributed by atoms with Crippen molar-refractivity contribution in [2.24, 2.45) is 0 Å². The van der Waals surface area contributed by atoms with Crippen molar-refractivity contribution in [2.45, 2.75) is 6.61 Å². The Kier molecular flexibility index (Phi) is 4.57. The fraction of sp³-hybridized carbons (Fsp3) is 0.176. The lowest BCUT2D eigenvalue weighted by molar-refractivity contribution is 0.0827. The zero-order chi connectivity index (χ0) is 15.2. The molecular formula is C17H16N2O2. The molecule has 106 valence electrons. The van der Waals surface area contributed by atoms with E-state index in [2.05, 4.69) is 6.07 Å². The number of ether oxygens (including phenoxy) is 1. The first-order chi connectivity index (χ1) is 10.1. The average molecular weight is 280 g/mol. The normalized spacial score (nSPS) is 9.76. The van der Waals surface area contributed by atoms with E-state index >= 15 is 0 Å². The van der Waals surface area contributed by atoms with Crippen LogP contribution in [0, 0.1) is 11.3 Å². The third-order valence-electron chi connectivity index (χ3n) is 3.02. The van der Waals surface area contributed by atoms with Gasteiger partial charge in [0, 0.05) is 25.2 Å². The molecule has 0 aromatic heterocycles. The Balaban J connectivity index is 2.12. The van der Waals surface area contributed by atoms with Crippen molar-refractivity contribution in [3.63, 3.8) is 0 Å². The van der Waals surface area contributed by atoms with Crippen molar-refractivity contribution in [3.05, 3.63) is 65.2 Å². The Bertz CT molecular complexity index is 687. The first kappa shape index (κ1) is 14.6. The topological polar surface area (TPSA) is 53.3 Å². The van der Waals surface area contributed by atoms with Gasteiger partial charge < -0.3 is 9.64 Å². The second-order valence-electron chi connectivity index (χ2n) is 4.79. The Morgan fingerprint density at radius 2 is 1.95 bits per heavy atom. The standard InChI is InChI=1S/C17H16N2O2/c1-19(2)17(20)13-8-5-9-16(10-13)21-12-15-7-4-3-6-14(15)11-18/h3-10H,12H2,1-2H3. The van der Waals surface area contributed by atoms with Crippen molar-refractivity contribution in [2.75, 3.05) is 14.1 Å². The number of carbonyl (C=O) groups excluding carboxylic acids is 1. The Morgan fingerprint density at radius 1 is 1.19 bits per heavy atom. The number of rotatable bonds is 4. The molecule has 4 heteroatoms. The zero-order valence-corrected chi connectivity index (χ0v) is 12.0. The van der Waals surface area contributed by atoms with Crippen LogP contribution in [-0.4, -0.2) is 24.9 Å². The van der Waals surface area contributed by atoms with E-state index in [4.69, 9.17) is 10.00 Å². The van der Waals surface area contributed by atoms with E-state index < -0.39 is 0 Å². The Labute approximate surface area is 124 Å². The Hall–Kier alpha value is -2.80. The molecule has 0 aliphatic carbocycles. The van der Waals surface area contributed by atoms with Gasteiger partial charge in [0.1, 0.15) is 12.4 Å². The summed E-state index contributed by atoms with van der Waals surface area (Å²) in [7, 11) is 3.41. The van der Waals surface area contributed by atoms with Crippen LogP contribution >= 0.6 is 0 Å². The first-order valence-corrected chi connectivity index (χ1v) is 6.54. The molecule has 0 heterocycles. The van der Waals surface area contributed by atoms with Crippen molar-refractivity contribution < 1.29 is 9.53 Å². The largest absolute Gasteiger partial charge is 0.489 e. The summed E-state index contributed by atoms with van der Waals surface area (Å²) in [4.78, 5) is 13.4. The summed E-state index contributed by atoms with van der Waals surface area (Å²) >= 11 is 0. The molecule has 0 unspecified atom stereocenters. The maximum absolute atomic E-state index is 11.9. The number of benzene rings is 2. The molecule has 0 bridgehead atoms. The van der Waals surface area contributed by atoms with Gasteiger partial charge in [0.25, 0.3) is 5.91 Å². The van der Waals surface area contributed by atoms with Crippen LogP contribution in [0.2, 0.25) is 0 Å². The van der Waals surface area contributed by atoms with Crippen LogP contribution in [0.25, 0.3) is 0 Å². The fourth-order valence-electron chi connectivity index (χ4n) is 1.89. The first-order valence-electron chi connectivity index (χ1n) is 6.54. The van der Waals surface area contributed by atoms with E-state index in [0.29, 0.717) is 23.5 Å². The van der Waals surface area contributed by atoms with Crippen molar-refractivity contribution >= 4 is 5.91 Å². The maximum Gasteiger partial charge on any atom is 0.253 e. The van der Waals surface area contributed by atoms with Gasteiger partial charge in [0.2, 0.25) is 0 Å². The molecular weight excluding hydrogens is 264 g/mol. The molecule has 2 aromatic carbocycles. The second-order valence-corrected chi connectivity index (χ2v) is 4.79. The van der Waals surface area contributed by atoms with Gasteiger partial charge in [-0.15, -0.1) is 0 Å². The van der Waals surface area contributed by atoms with Gasteiger partial charge >= 0.3 is 0 Å². The van der Waals surface area contributed by atoms with Gasteiger partial charge in [-0.1, -0.05) is 24.3 Å². The van der Waals surface area contributed by atoms with Gasteiger partial charge in [0.05, 0.1) is 11.6 Å². The number of hydrogen-bond acceptors (Lipinski definition) is 3. The molecule has 0 fully saturated rings. The summed E-state index contributed by atoms with van der Waals surface area (Å²) in [5.74, 6) is 0.535. The molecule has 4 nitrogen and oxygen atoms in total. The van der Waals surface area contributed by atoms with Gasteiger partial charge in [-0.2, -0.15) is 5.26 Å². The second kappa shape index (κ2) is 6.58. The lowest BCUT2D eigenvalue weighted by Crippen LogP contribution is -2.21.